The van der Waals surface area contributed by atoms with Gasteiger partial charge in [-0.3, -0.25) is 19.3 Å². The molecule has 1 saturated heterocycles. The van der Waals surface area contributed by atoms with Crippen LogP contribution in [0.3, 0.4) is 0 Å². The maximum absolute atomic E-state index is 12.1. The molecule has 1 heterocycles. The second-order valence-electron chi connectivity index (χ2n) is 5.01. The van der Waals surface area contributed by atoms with E-state index in [0.29, 0.717) is 0 Å². The predicted octanol–water partition coefficient (Wildman–Crippen LogP) is 0.250. The molecule has 2 N–H and O–H groups in total. The van der Waals surface area contributed by atoms with Crippen molar-refractivity contribution in [1.29, 1.82) is 0 Å². The summed E-state index contributed by atoms with van der Waals surface area (Å²) in [5, 5.41) is 17.4. The zero-order chi connectivity index (χ0) is 15.0. The molecule has 0 aromatic carbocycles. The Labute approximate surface area is 118 Å². The standard InChI is InChI=1S/C13H22N2O5/c16-11(15-6-2-1-3-7-15)10-14(8-4-12(17)18)9-5-13(19)20/h1-10H2,(H,17,18)(H,19,20). The van der Waals surface area contributed by atoms with Gasteiger partial charge in [0.15, 0.2) is 0 Å². The van der Waals surface area contributed by atoms with Gasteiger partial charge in [0.1, 0.15) is 0 Å². The van der Waals surface area contributed by atoms with Crippen molar-refractivity contribution in [1.82, 2.24) is 9.80 Å². The van der Waals surface area contributed by atoms with E-state index in [-0.39, 0.29) is 38.4 Å². The van der Waals surface area contributed by atoms with Crippen molar-refractivity contribution >= 4 is 17.8 Å². The number of piperidine rings is 1. The summed E-state index contributed by atoms with van der Waals surface area (Å²) in [6.45, 7) is 1.97. The fourth-order valence-electron chi connectivity index (χ4n) is 2.21. The van der Waals surface area contributed by atoms with Gasteiger partial charge in [-0.25, -0.2) is 0 Å². The van der Waals surface area contributed by atoms with Gasteiger partial charge in [0.05, 0.1) is 19.4 Å². The number of carbonyl (C=O) groups is 3. The van der Waals surface area contributed by atoms with Gasteiger partial charge in [-0.05, 0) is 19.3 Å². The number of rotatable bonds is 8. The normalized spacial score (nSPS) is 15.3. The molecule has 7 nitrogen and oxygen atoms in total. The lowest BCUT2D eigenvalue weighted by Crippen LogP contribution is -2.43. The van der Waals surface area contributed by atoms with E-state index in [2.05, 4.69) is 0 Å². The van der Waals surface area contributed by atoms with Crippen LogP contribution < -0.4 is 0 Å². The van der Waals surface area contributed by atoms with E-state index in [4.69, 9.17) is 10.2 Å². The molecule has 1 aliphatic heterocycles. The summed E-state index contributed by atoms with van der Waals surface area (Å²) < 4.78 is 0. The zero-order valence-corrected chi connectivity index (χ0v) is 11.6. The summed E-state index contributed by atoms with van der Waals surface area (Å²) in [7, 11) is 0. The fraction of sp³-hybridized carbons (Fsp3) is 0.769. The Morgan fingerprint density at radius 1 is 0.900 bits per heavy atom. The van der Waals surface area contributed by atoms with E-state index in [1.165, 1.54) is 0 Å². The van der Waals surface area contributed by atoms with Gasteiger partial charge in [0, 0.05) is 26.2 Å². The number of carboxylic acids is 2. The van der Waals surface area contributed by atoms with Crippen molar-refractivity contribution in [3.05, 3.63) is 0 Å². The highest BCUT2D eigenvalue weighted by molar-refractivity contribution is 5.78. The van der Waals surface area contributed by atoms with Gasteiger partial charge in [-0.15, -0.1) is 0 Å². The summed E-state index contributed by atoms with van der Waals surface area (Å²) in [4.78, 5) is 36.7. The minimum absolute atomic E-state index is 0.0412. The molecule has 1 amide bonds. The molecule has 0 saturated carbocycles. The number of aliphatic carboxylic acids is 2. The van der Waals surface area contributed by atoms with E-state index >= 15 is 0 Å². The maximum Gasteiger partial charge on any atom is 0.304 e. The molecule has 0 unspecified atom stereocenters. The van der Waals surface area contributed by atoms with Crippen LogP contribution in [-0.4, -0.2) is 70.6 Å². The first-order valence-electron chi connectivity index (χ1n) is 6.92. The summed E-state index contributed by atoms with van der Waals surface area (Å²) in [5.74, 6) is -1.94. The highest BCUT2D eigenvalue weighted by Crippen LogP contribution is 2.09. The molecule has 0 atom stereocenters. The Bertz CT molecular complexity index is 335. The number of likely N-dealkylation sites (tertiary alicyclic amines) is 1. The minimum Gasteiger partial charge on any atom is -0.481 e. The number of amides is 1. The molecule has 0 aliphatic carbocycles. The van der Waals surface area contributed by atoms with E-state index in [0.717, 1.165) is 32.4 Å². The van der Waals surface area contributed by atoms with Crippen LogP contribution in [0.15, 0.2) is 0 Å². The lowest BCUT2D eigenvalue weighted by atomic mass is 10.1. The Kier molecular flexibility index (Phi) is 7.00. The molecule has 0 radical (unpaired) electrons. The minimum atomic E-state index is -0.948. The highest BCUT2D eigenvalue weighted by atomic mass is 16.4. The van der Waals surface area contributed by atoms with Crippen LogP contribution in [0.25, 0.3) is 0 Å². The van der Waals surface area contributed by atoms with Crippen LogP contribution in [0.2, 0.25) is 0 Å². The third-order valence-electron chi connectivity index (χ3n) is 3.35. The highest BCUT2D eigenvalue weighted by Gasteiger charge is 2.20. The van der Waals surface area contributed by atoms with Crippen LogP contribution in [-0.2, 0) is 14.4 Å². The Hall–Kier alpha value is -1.63. The van der Waals surface area contributed by atoms with Gasteiger partial charge in [-0.2, -0.15) is 0 Å². The third kappa shape index (κ3) is 6.51. The second-order valence-corrected chi connectivity index (χ2v) is 5.01. The predicted molar refractivity (Wildman–Crippen MR) is 71.4 cm³/mol. The monoisotopic (exact) mass is 286 g/mol. The van der Waals surface area contributed by atoms with Crippen LogP contribution in [0.5, 0.6) is 0 Å². The summed E-state index contributed by atoms with van der Waals surface area (Å²) in [6.07, 6.45) is 2.94. The second kappa shape index (κ2) is 8.52. The maximum atomic E-state index is 12.1. The molecule has 7 heteroatoms. The number of carbonyl (C=O) groups excluding carboxylic acids is 1. The van der Waals surface area contributed by atoms with Crippen LogP contribution in [0.4, 0.5) is 0 Å². The van der Waals surface area contributed by atoms with Gasteiger partial charge in [0.25, 0.3) is 0 Å². The quantitative estimate of drug-likeness (QED) is 0.663. The van der Waals surface area contributed by atoms with Crippen molar-refractivity contribution in [2.45, 2.75) is 32.1 Å². The van der Waals surface area contributed by atoms with E-state index in [1.54, 1.807) is 9.80 Å². The first kappa shape index (κ1) is 16.4. The number of carboxylic acid groups (broad SMARTS) is 2. The number of hydrogen-bond donors (Lipinski definition) is 2. The van der Waals surface area contributed by atoms with Gasteiger partial charge >= 0.3 is 11.9 Å². The van der Waals surface area contributed by atoms with Gasteiger partial charge < -0.3 is 15.1 Å². The summed E-state index contributed by atoms with van der Waals surface area (Å²) >= 11 is 0. The number of nitrogens with zero attached hydrogens (tertiary/aromatic N) is 2. The van der Waals surface area contributed by atoms with Crippen molar-refractivity contribution in [2.75, 3.05) is 32.7 Å². The molecule has 0 spiro atoms. The molecule has 1 rings (SSSR count). The molecule has 1 fully saturated rings. The van der Waals surface area contributed by atoms with Crippen molar-refractivity contribution in [2.24, 2.45) is 0 Å². The SMILES string of the molecule is O=C(O)CCN(CCC(=O)O)CC(=O)N1CCCCC1. The van der Waals surface area contributed by atoms with Crippen LogP contribution in [0, 0.1) is 0 Å². The van der Waals surface area contributed by atoms with E-state index in [9.17, 15) is 14.4 Å². The topological polar surface area (TPSA) is 98.1 Å². The fourth-order valence-corrected chi connectivity index (χ4v) is 2.21. The lowest BCUT2D eigenvalue weighted by Gasteiger charge is -2.29. The van der Waals surface area contributed by atoms with Crippen molar-refractivity contribution in [3.8, 4) is 0 Å². The van der Waals surface area contributed by atoms with E-state index < -0.39 is 11.9 Å². The molecule has 0 bridgehead atoms. The van der Waals surface area contributed by atoms with Crippen LogP contribution in [0.1, 0.15) is 32.1 Å². The van der Waals surface area contributed by atoms with E-state index in [1.807, 2.05) is 0 Å². The molecule has 0 aromatic heterocycles. The third-order valence-corrected chi connectivity index (χ3v) is 3.35. The Morgan fingerprint density at radius 2 is 1.40 bits per heavy atom. The average molecular weight is 286 g/mol. The van der Waals surface area contributed by atoms with Crippen molar-refractivity contribution in [3.63, 3.8) is 0 Å². The largest absolute Gasteiger partial charge is 0.481 e. The van der Waals surface area contributed by atoms with Crippen molar-refractivity contribution < 1.29 is 24.6 Å². The molecular formula is C13H22N2O5. The summed E-state index contributed by atoms with van der Waals surface area (Å²) in [6, 6.07) is 0. The number of hydrogen-bond acceptors (Lipinski definition) is 4. The first-order valence-corrected chi connectivity index (χ1v) is 6.92. The Balaban J connectivity index is 2.45. The van der Waals surface area contributed by atoms with Crippen LogP contribution >= 0.6 is 0 Å². The molecule has 0 aromatic rings. The van der Waals surface area contributed by atoms with Gasteiger partial charge in [0.2, 0.25) is 5.91 Å². The molecular weight excluding hydrogens is 264 g/mol. The average Bonchev–Trinajstić information content (AvgIpc) is 2.42. The smallest absolute Gasteiger partial charge is 0.304 e. The lowest BCUT2D eigenvalue weighted by molar-refractivity contribution is -0.139. The Morgan fingerprint density at radius 3 is 1.85 bits per heavy atom. The zero-order valence-electron chi connectivity index (χ0n) is 11.6. The molecule has 1 aliphatic rings. The molecule has 114 valence electrons. The molecule has 20 heavy (non-hydrogen) atoms. The summed E-state index contributed by atoms with van der Waals surface area (Å²) in [5.41, 5.74) is 0. The first-order chi connectivity index (χ1) is 9.49. The van der Waals surface area contributed by atoms with Gasteiger partial charge in [-0.1, -0.05) is 0 Å².